The lowest BCUT2D eigenvalue weighted by molar-refractivity contribution is 0.0765. The molecule has 1 fully saturated rings. The van der Waals surface area contributed by atoms with E-state index in [0.29, 0.717) is 23.8 Å². The summed E-state index contributed by atoms with van der Waals surface area (Å²) in [5.74, 6) is 1.94. The summed E-state index contributed by atoms with van der Waals surface area (Å²) < 4.78 is 1.83. The second kappa shape index (κ2) is 6.83. The molecule has 5 nitrogen and oxygen atoms in total. The van der Waals surface area contributed by atoms with E-state index in [-0.39, 0.29) is 5.91 Å². The normalized spacial score (nSPS) is 15.9. The van der Waals surface area contributed by atoms with Crippen molar-refractivity contribution in [3.8, 4) is 0 Å². The van der Waals surface area contributed by atoms with E-state index >= 15 is 0 Å². The summed E-state index contributed by atoms with van der Waals surface area (Å²) in [6.07, 6.45) is 0. The van der Waals surface area contributed by atoms with E-state index in [9.17, 15) is 4.79 Å². The van der Waals surface area contributed by atoms with Gasteiger partial charge < -0.3 is 9.80 Å². The molecule has 1 saturated heterocycles. The zero-order valence-corrected chi connectivity index (χ0v) is 13.8. The van der Waals surface area contributed by atoms with Crippen molar-refractivity contribution in [2.45, 2.75) is 20.0 Å². The Labute approximate surface area is 129 Å². The second-order valence-corrected chi connectivity index (χ2v) is 6.67. The number of halogens is 1. The van der Waals surface area contributed by atoms with Crippen molar-refractivity contribution >= 4 is 29.3 Å². The van der Waals surface area contributed by atoms with Crippen LogP contribution in [0.1, 0.15) is 23.1 Å². The molecule has 1 amide bonds. The topological polar surface area (TPSA) is 41.4 Å². The van der Waals surface area contributed by atoms with Crippen molar-refractivity contribution in [2.75, 3.05) is 38.7 Å². The number of hydrogen-bond acceptors (Lipinski definition) is 4. The van der Waals surface area contributed by atoms with E-state index in [1.165, 1.54) is 0 Å². The number of carbonyl (C=O) groups is 1. The van der Waals surface area contributed by atoms with Crippen molar-refractivity contribution in [2.24, 2.45) is 0 Å². The molecule has 0 atom stereocenters. The zero-order chi connectivity index (χ0) is 14.7. The van der Waals surface area contributed by atoms with E-state index in [2.05, 4.69) is 5.10 Å². The van der Waals surface area contributed by atoms with Crippen molar-refractivity contribution < 1.29 is 4.79 Å². The van der Waals surface area contributed by atoms with Crippen LogP contribution in [0.5, 0.6) is 0 Å². The minimum absolute atomic E-state index is 0.0393. The Morgan fingerprint density at radius 2 is 2.05 bits per heavy atom. The molecule has 2 rings (SSSR count). The van der Waals surface area contributed by atoms with Gasteiger partial charge in [-0.15, -0.1) is 0 Å². The van der Waals surface area contributed by atoms with Gasteiger partial charge in [-0.05, 0) is 21.0 Å². The lowest BCUT2D eigenvalue weighted by atomic mass is 10.3. The molecule has 1 aliphatic rings. The minimum Gasteiger partial charge on any atom is -0.336 e. The fraction of sp³-hybridized carbons (Fsp3) is 0.692. The van der Waals surface area contributed by atoms with Gasteiger partial charge in [0.05, 0.1) is 10.7 Å². The molecule has 0 radical (unpaired) electrons. The van der Waals surface area contributed by atoms with Gasteiger partial charge in [-0.3, -0.25) is 9.48 Å². The molecular formula is C13H21ClN4OS. The summed E-state index contributed by atoms with van der Waals surface area (Å²) in [7, 11) is 3.96. The molecule has 0 N–H and O–H groups in total. The maximum atomic E-state index is 12.5. The van der Waals surface area contributed by atoms with Crippen molar-refractivity contribution in [3.63, 3.8) is 0 Å². The smallest absolute Gasteiger partial charge is 0.275 e. The van der Waals surface area contributed by atoms with Gasteiger partial charge in [-0.25, -0.2) is 0 Å². The van der Waals surface area contributed by atoms with E-state index in [1.54, 1.807) is 0 Å². The van der Waals surface area contributed by atoms with Gasteiger partial charge in [0.1, 0.15) is 0 Å². The number of nitrogens with zero attached hydrogens (tertiary/aromatic N) is 4. The van der Waals surface area contributed by atoms with Crippen LogP contribution in [-0.4, -0.2) is 64.2 Å². The Morgan fingerprint density at radius 3 is 2.60 bits per heavy atom. The average Bonchev–Trinajstić information content (AvgIpc) is 2.75. The molecule has 1 aliphatic heterocycles. The van der Waals surface area contributed by atoms with Crippen LogP contribution < -0.4 is 0 Å². The number of thioether (sulfide) groups is 1. The Bertz CT molecular complexity index is 483. The van der Waals surface area contributed by atoms with Gasteiger partial charge in [0.2, 0.25) is 0 Å². The summed E-state index contributed by atoms with van der Waals surface area (Å²) in [4.78, 5) is 16.4. The Balaban J connectivity index is 2.27. The third kappa shape index (κ3) is 3.30. The Morgan fingerprint density at radius 1 is 1.40 bits per heavy atom. The van der Waals surface area contributed by atoms with Crippen molar-refractivity contribution in [1.29, 1.82) is 0 Å². The van der Waals surface area contributed by atoms with Crippen LogP contribution >= 0.6 is 23.4 Å². The van der Waals surface area contributed by atoms with Crippen LogP contribution in [0.25, 0.3) is 0 Å². The highest BCUT2D eigenvalue weighted by Crippen LogP contribution is 2.24. The van der Waals surface area contributed by atoms with Crippen LogP contribution in [0.3, 0.4) is 0 Å². The molecule has 0 saturated carbocycles. The third-order valence-corrected chi connectivity index (χ3v) is 4.60. The minimum atomic E-state index is -0.0393. The maximum absolute atomic E-state index is 12.5. The molecule has 7 heteroatoms. The van der Waals surface area contributed by atoms with E-state index in [1.807, 2.05) is 47.3 Å². The largest absolute Gasteiger partial charge is 0.336 e. The predicted octanol–water partition coefficient (Wildman–Crippen LogP) is 1.81. The number of aryl methyl sites for hydroxylation is 1. The second-order valence-electron chi connectivity index (χ2n) is 5.07. The first-order valence-electron chi connectivity index (χ1n) is 6.81. The van der Waals surface area contributed by atoms with Crippen molar-refractivity contribution in [3.05, 3.63) is 16.4 Å². The predicted molar refractivity (Wildman–Crippen MR) is 83.5 cm³/mol. The highest BCUT2D eigenvalue weighted by atomic mass is 35.5. The monoisotopic (exact) mass is 316 g/mol. The highest BCUT2D eigenvalue weighted by Gasteiger charge is 2.26. The van der Waals surface area contributed by atoms with Gasteiger partial charge in [0, 0.05) is 37.7 Å². The molecule has 0 bridgehead atoms. The van der Waals surface area contributed by atoms with Crippen LogP contribution in [0.2, 0.25) is 5.02 Å². The lowest BCUT2D eigenvalue weighted by Gasteiger charge is -2.25. The summed E-state index contributed by atoms with van der Waals surface area (Å²) in [5.41, 5.74) is 1.31. The van der Waals surface area contributed by atoms with Crippen LogP contribution in [0.4, 0.5) is 0 Å². The quantitative estimate of drug-likeness (QED) is 0.849. The number of carbonyl (C=O) groups excluding carboxylic acids is 1. The standard InChI is InChI=1S/C13H21ClN4OS/c1-4-18-10(9-16(2)3)11(14)12(15-18)13(19)17-5-7-20-8-6-17/h4-9H2,1-3H3. The fourth-order valence-corrected chi connectivity index (χ4v) is 3.42. The molecule has 1 aromatic heterocycles. The molecule has 1 aromatic rings. The molecule has 20 heavy (non-hydrogen) atoms. The number of rotatable bonds is 4. The molecule has 2 heterocycles. The number of aromatic nitrogens is 2. The van der Waals surface area contributed by atoms with E-state index in [0.717, 1.165) is 30.3 Å². The van der Waals surface area contributed by atoms with Crippen LogP contribution in [0.15, 0.2) is 0 Å². The van der Waals surface area contributed by atoms with Gasteiger partial charge in [0.25, 0.3) is 5.91 Å². The summed E-state index contributed by atoms with van der Waals surface area (Å²) in [5, 5.41) is 4.92. The highest BCUT2D eigenvalue weighted by molar-refractivity contribution is 7.99. The molecular weight excluding hydrogens is 296 g/mol. The first-order valence-corrected chi connectivity index (χ1v) is 8.34. The van der Waals surface area contributed by atoms with Gasteiger partial charge in [-0.1, -0.05) is 11.6 Å². The third-order valence-electron chi connectivity index (χ3n) is 3.26. The molecule has 0 aromatic carbocycles. The van der Waals surface area contributed by atoms with Gasteiger partial charge in [-0.2, -0.15) is 16.9 Å². The van der Waals surface area contributed by atoms with Gasteiger partial charge in [0.15, 0.2) is 5.69 Å². The maximum Gasteiger partial charge on any atom is 0.275 e. The Kier molecular flexibility index (Phi) is 5.35. The first-order chi connectivity index (χ1) is 9.54. The fourth-order valence-electron chi connectivity index (χ4n) is 2.24. The van der Waals surface area contributed by atoms with E-state index < -0.39 is 0 Å². The van der Waals surface area contributed by atoms with Crippen molar-refractivity contribution in [1.82, 2.24) is 19.6 Å². The van der Waals surface area contributed by atoms with Crippen LogP contribution in [0, 0.1) is 0 Å². The molecule has 0 unspecified atom stereocenters. The first kappa shape index (κ1) is 15.7. The summed E-state index contributed by atoms with van der Waals surface area (Å²) >= 11 is 8.28. The molecule has 112 valence electrons. The van der Waals surface area contributed by atoms with Crippen LogP contribution in [-0.2, 0) is 13.1 Å². The molecule has 0 spiro atoms. The summed E-state index contributed by atoms with van der Waals surface area (Å²) in [6.45, 7) is 4.97. The average molecular weight is 317 g/mol. The zero-order valence-electron chi connectivity index (χ0n) is 12.2. The SMILES string of the molecule is CCn1nc(C(=O)N2CCSCC2)c(Cl)c1CN(C)C. The lowest BCUT2D eigenvalue weighted by Crippen LogP contribution is -2.38. The summed E-state index contributed by atoms with van der Waals surface area (Å²) in [6, 6.07) is 0. The number of hydrogen-bond donors (Lipinski definition) is 0. The number of amides is 1. The van der Waals surface area contributed by atoms with Gasteiger partial charge >= 0.3 is 0 Å². The Hall–Kier alpha value is -0.720. The van der Waals surface area contributed by atoms with E-state index in [4.69, 9.17) is 11.6 Å². The molecule has 0 aliphatic carbocycles.